The topological polar surface area (TPSA) is 125 Å². The van der Waals surface area contributed by atoms with E-state index in [2.05, 4.69) is 15.3 Å². The van der Waals surface area contributed by atoms with Gasteiger partial charge in [-0.3, -0.25) is 15.0 Å². The molecule has 1 amide bonds. The van der Waals surface area contributed by atoms with Crippen LogP contribution in [0.2, 0.25) is 0 Å². The largest absolute Gasteiger partial charge is 0.387 e. The van der Waals surface area contributed by atoms with E-state index in [4.69, 9.17) is 11.1 Å². The number of hydrogen-bond acceptors (Lipinski definition) is 6. The van der Waals surface area contributed by atoms with Crippen LogP contribution in [-0.2, 0) is 16.0 Å². The molecule has 32 heavy (non-hydrogen) atoms. The molecule has 0 radical (unpaired) electrons. The van der Waals surface area contributed by atoms with Crippen molar-refractivity contribution in [2.45, 2.75) is 51.4 Å². The molecule has 0 unspecified atom stereocenters. The molecule has 2 heterocycles. The molecule has 8 nitrogen and oxygen atoms in total. The monoisotopic (exact) mass is 436 g/mol. The number of benzene rings is 1. The summed E-state index contributed by atoms with van der Waals surface area (Å²) in [4.78, 5) is 34.6. The number of rotatable bonds is 11. The van der Waals surface area contributed by atoms with Crippen LogP contribution in [0, 0.1) is 5.41 Å². The van der Waals surface area contributed by atoms with Gasteiger partial charge in [0.15, 0.2) is 0 Å². The van der Waals surface area contributed by atoms with Gasteiger partial charge in [0.25, 0.3) is 0 Å². The molecule has 1 aromatic carbocycles. The van der Waals surface area contributed by atoms with Crippen LogP contribution >= 0.6 is 0 Å². The van der Waals surface area contributed by atoms with Crippen LogP contribution in [0.15, 0.2) is 36.7 Å². The second kappa shape index (κ2) is 11.9. The highest BCUT2D eigenvalue weighted by Gasteiger charge is 2.15. The number of Topliss-reactive ketones (excluding diaryl/α,β-unsaturated/α-hetero) is 1. The van der Waals surface area contributed by atoms with Gasteiger partial charge >= 0.3 is 0 Å². The Balaban J connectivity index is 1.47. The normalized spacial score (nSPS) is 14.1. The Morgan fingerprint density at radius 2 is 1.97 bits per heavy atom. The lowest BCUT2D eigenvalue weighted by molar-refractivity contribution is -0.130. The van der Waals surface area contributed by atoms with Crippen molar-refractivity contribution in [2.24, 2.45) is 5.73 Å². The third-order valence-corrected chi connectivity index (χ3v) is 5.55. The van der Waals surface area contributed by atoms with Crippen LogP contribution in [0.1, 0.15) is 50.5 Å². The summed E-state index contributed by atoms with van der Waals surface area (Å²) in [7, 11) is 0. The molecule has 0 bridgehead atoms. The maximum absolute atomic E-state index is 12.0. The summed E-state index contributed by atoms with van der Waals surface area (Å²) in [6.07, 6.45) is 9.34. The summed E-state index contributed by atoms with van der Waals surface area (Å²) in [5.74, 6) is 0.724. The first-order valence-corrected chi connectivity index (χ1v) is 11.3. The lowest BCUT2D eigenvalue weighted by Gasteiger charge is -2.20. The van der Waals surface area contributed by atoms with Gasteiger partial charge in [0.05, 0.1) is 12.3 Å². The Bertz CT molecular complexity index is 928. The molecule has 1 aromatic heterocycles. The minimum atomic E-state index is -0.0926. The van der Waals surface area contributed by atoms with Crippen LogP contribution < -0.4 is 11.1 Å². The van der Waals surface area contributed by atoms with Crippen LogP contribution in [0.25, 0.3) is 11.1 Å². The number of ketones is 1. The van der Waals surface area contributed by atoms with Crippen molar-refractivity contribution < 1.29 is 9.59 Å². The van der Waals surface area contributed by atoms with E-state index in [0.29, 0.717) is 31.8 Å². The highest BCUT2D eigenvalue weighted by Crippen LogP contribution is 2.20. The summed E-state index contributed by atoms with van der Waals surface area (Å²) in [6.45, 7) is 2.35. The van der Waals surface area contributed by atoms with Gasteiger partial charge in [-0.05, 0) is 36.8 Å². The van der Waals surface area contributed by atoms with Crippen molar-refractivity contribution in [2.75, 3.05) is 25.0 Å². The fraction of sp³-hybridized carbons (Fsp3) is 0.458. The van der Waals surface area contributed by atoms with Crippen molar-refractivity contribution in [3.05, 3.63) is 42.2 Å². The fourth-order valence-electron chi connectivity index (χ4n) is 3.80. The molecule has 0 spiro atoms. The van der Waals surface area contributed by atoms with E-state index in [0.717, 1.165) is 55.5 Å². The molecule has 0 atom stereocenters. The molecule has 2 aromatic rings. The molecule has 0 saturated carbocycles. The molecule has 1 aliphatic rings. The Morgan fingerprint density at radius 3 is 2.75 bits per heavy atom. The van der Waals surface area contributed by atoms with E-state index >= 15 is 0 Å². The third-order valence-electron chi connectivity index (χ3n) is 5.55. The first-order valence-electron chi connectivity index (χ1n) is 11.3. The Morgan fingerprint density at radius 1 is 1.16 bits per heavy atom. The Hall–Kier alpha value is -3.29. The fourth-order valence-corrected chi connectivity index (χ4v) is 3.80. The quantitative estimate of drug-likeness (QED) is 0.282. The van der Waals surface area contributed by atoms with Gasteiger partial charge in [-0.25, -0.2) is 9.97 Å². The van der Waals surface area contributed by atoms with E-state index < -0.39 is 0 Å². The van der Waals surface area contributed by atoms with E-state index in [1.165, 1.54) is 0 Å². The molecule has 1 fully saturated rings. The van der Waals surface area contributed by atoms with Gasteiger partial charge in [-0.1, -0.05) is 30.7 Å². The van der Waals surface area contributed by atoms with Crippen molar-refractivity contribution in [3.63, 3.8) is 0 Å². The zero-order valence-electron chi connectivity index (χ0n) is 18.5. The van der Waals surface area contributed by atoms with Gasteiger partial charge in [-0.15, -0.1) is 0 Å². The van der Waals surface area contributed by atoms with Crippen LogP contribution in [0.4, 0.5) is 5.95 Å². The predicted molar refractivity (Wildman–Crippen MR) is 125 cm³/mol. The molecule has 0 aliphatic carbocycles. The van der Waals surface area contributed by atoms with E-state index in [-0.39, 0.29) is 23.9 Å². The SMILES string of the molecule is N=C(N)CC(=O)CCc1cccc(-c2cnc(NCCCN3CCCCCC3=O)nc2)c1. The Labute approximate surface area is 189 Å². The summed E-state index contributed by atoms with van der Waals surface area (Å²) >= 11 is 0. The number of amides is 1. The number of nitrogens with two attached hydrogens (primary N) is 1. The number of amidine groups is 1. The lowest BCUT2D eigenvalue weighted by atomic mass is 10.0. The van der Waals surface area contributed by atoms with Crippen molar-refractivity contribution >= 4 is 23.5 Å². The van der Waals surface area contributed by atoms with Crippen molar-refractivity contribution in [1.29, 1.82) is 5.41 Å². The summed E-state index contributed by atoms with van der Waals surface area (Å²) in [6, 6.07) is 7.96. The second-order valence-corrected chi connectivity index (χ2v) is 8.21. The number of aryl methyl sites for hydroxylation is 1. The van der Waals surface area contributed by atoms with Crippen LogP contribution in [0.5, 0.6) is 0 Å². The number of likely N-dealkylation sites (tertiary alicyclic amines) is 1. The molecule has 3 rings (SSSR count). The maximum atomic E-state index is 12.0. The zero-order valence-corrected chi connectivity index (χ0v) is 18.5. The average Bonchev–Trinajstić information content (AvgIpc) is 2.99. The Kier molecular flexibility index (Phi) is 8.71. The maximum Gasteiger partial charge on any atom is 0.222 e. The van der Waals surface area contributed by atoms with Crippen LogP contribution in [0.3, 0.4) is 0 Å². The number of carbonyl (C=O) groups excluding carboxylic acids is 2. The molecule has 1 aliphatic heterocycles. The second-order valence-electron chi connectivity index (χ2n) is 8.21. The number of nitrogens with one attached hydrogen (secondary N) is 2. The molecule has 8 heteroatoms. The van der Waals surface area contributed by atoms with Crippen molar-refractivity contribution in [1.82, 2.24) is 14.9 Å². The minimum absolute atomic E-state index is 0.0102. The van der Waals surface area contributed by atoms with Crippen molar-refractivity contribution in [3.8, 4) is 11.1 Å². The lowest BCUT2D eigenvalue weighted by Crippen LogP contribution is -2.32. The van der Waals surface area contributed by atoms with Gasteiger partial charge in [-0.2, -0.15) is 0 Å². The molecule has 1 saturated heterocycles. The first-order chi connectivity index (χ1) is 15.5. The van der Waals surface area contributed by atoms with Gasteiger partial charge in [0.1, 0.15) is 5.78 Å². The van der Waals surface area contributed by atoms with Gasteiger partial charge in [0, 0.05) is 50.4 Å². The summed E-state index contributed by atoms with van der Waals surface area (Å²) in [5.41, 5.74) is 8.23. The minimum Gasteiger partial charge on any atom is -0.387 e. The number of aromatic nitrogens is 2. The smallest absolute Gasteiger partial charge is 0.222 e. The number of nitrogens with zero attached hydrogens (tertiary/aromatic N) is 3. The standard InChI is InChI=1S/C24H32N6O2/c25-22(26)15-21(31)10-9-18-6-4-7-19(14-18)20-16-28-24(29-17-20)27-11-5-13-30-12-3-1-2-8-23(30)32/h4,6-7,14,16-17H,1-3,5,8-13,15H2,(H3,25,26)(H,27,28,29). The van der Waals surface area contributed by atoms with Gasteiger partial charge in [0.2, 0.25) is 11.9 Å². The molecular formula is C24H32N6O2. The average molecular weight is 437 g/mol. The molecule has 4 N–H and O–H groups in total. The molecular weight excluding hydrogens is 404 g/mol. The zero-order chi connectivity index (χ0) is 22.8. The molecule has 170 valence electrons. The number of carbonyl (C=O) groups is 2. The predicted octanol–water partition coefficient (Wildman–Crippen LogP) is 3.18. The van der Waals surface area contributed by atoms with E-state index in [9.17, 15) is 9.59 Å². The van der Waals surface area contributed by atoms with E-state index in [1.54, 1.807) is 12.4 Å². The number of hydrogen-bond donors (Lipinski definition) is 3. The highest BCUT2D eigenvalue weighted by molar-refractivity contribution is 5.98. The third kappa shape index (κ3) is 7.44. The van der Waals surface area contributed by atoms with E-state index in [1.807, 2.05) is 29.2 Å². The highest BCUT2D eigenvalue weighted by atomic mass is 16.2. The van der Waals surface area contributed by atoms with Crippen LogP contribution in [-0.4, -0.2) is 52.0 Å². The summed E-state index contributed by atoms with van der Waals surface area (Å²) < 4.78 is 0. The first kappa shape index (κ1) is 23.4. The van der Waals surface area contributed by atoms with Gasteiger partial charge < -0.3 is 16.0 Å². The summed E-state index contributed by atoms with van der Waals surface area (Å²) in [5, 5.41) is 10.4. The number of anilines is 1.